The van der Waals surface area contributed by atoms with Crippen LogP contribution in [0.1, 0.15) is 38.5 Å². The van der Waals surface area contributed by atoms with E-state index in [0.717, 1.165) is 25.9 Å². The van der Waals surface area contributed by atoms with Crippen molar-refractivity contribution in [1.29, 1.82) is 0 Å². The van der Waals surface area contributed by atoms with Crippen LogP contribution in [0, 0.1) is 0 Å². The summed E-state index contributed by atoms with van der Waals surface area (Å²) in [7, 11) is 1.51. The van der Waals surface area contributed by atoms with Crippen molar-refractivity contribution in [3.05, 3.63) is 0 Å². The minimum absolute atomic E-state index is 0.00287. The SMILES string of the molecule is COC(=O)C12CCCCN1CCCC2. The highest BCUT2D eigenvalue weighted by atomic mass is 16.5. The summed E-state index contributed by atoms with van der Waals surface area (Å²) in [5.74, 6) is -0.00287. The number of carbonyl (C=O) groups excluding carboxylic acids is 1. The number of fused-ring (bicyclic) bond motifs is 1. The fourth-order valence-corrected chi connectivity index (χ4v) is 2.94. The third kappa shape index (κ3) is 1.44. The Kier molecular flexibility index (Phi) is 2.77. The highest BCUT2D eigenvalue weighted by molar-refractivity contribution is 5.81. The molecule has 0 saturated carbocycles. The van der Waals surface area contributed by atoms with Crippen molar-refractivity contribution in [3.8, 4) is 0 Å². The summed E-state index contributed by atoms with van der Waals surface area (Å²) in [6.07, 6.45) is 6.81. The van der Waals surface area contributed by atoms with E-state index in [4.69, 9.17) is 4.74 Å². The lowest BCUT2D eigenvalue weighted by atomic mass is 9.79. The van der Waals surface area contributed by atoms with Crippen LogP contribution in [0.3, 0.4) is 0 Å². The van der Waals surface area contributed by atoms with Crippen LogP contribution in [-0.2, 0) is 9.53 Å². The normalized spacial score (nSPS) is 26.6. The second-order valence-corrected chi connectivity index (χ2v) is 4.42. The zero-order valence-electron chi connectivity index (χ0n) is 8.92. The van der Waals surface area contributed by atoms with Gasteiger partial charge in [-0.3, -0.25) is 9.69 Å². The van der Waals surface area contributed by atoms with Gasteiger partial charge >= 0.3 is 5.97 Å². The molecule has 80 valence electrons. The number of piperidine rings is 2. The van der Waals surface area contributed by atoms with Crippen molar-refractivity contribution in [2.75, 3.05) is 20.2 Å². The second kappa shape index (κ2) is 3.89. The zero-order chi connectivity index (χ0) is 10.0. The van der Waals surface area contributed by atoms with E-state index in [9.17, 15) is 4.79 Å². The lowest BCUT2D eigenvalue weighted by Gasteiger charge is -2.47. The molecule has 2 aliphatic heterocycles. The Balaban J connectivity index is 2.20. The minimum Gasteiger partial charge on any atom is -0.468 e. The molecule has 0 bridgehead atoms. The number of methoxy groups -OCH3 is 1. The van der Waals surface area contributed by atoms with E-state index in [1.807, 2.05) is 0 Å². The van der Waals surface area contributed by atoms with Crippen LogP contribution >= 0.6 is 0 Å². The molecular weight excluding hydrogens is 178 g/mol. The summed E-state index contributed by atoms with van der Waals surface area (Å²) < 4.78 is 4.97. The maximum absolute atomic E-state index is 11.9. The van der Waals surface area contributed by atoms with E-state index < -0.39 is 0 Å². The molecule has 0 unspecified atom stereocenters. The van der Waals surface area contributed by atoms with Gasteiger partial charge in [-0.05, 0) is 51.6 Å². The van der Waals surface area contributed by atoms with Crippen LogP contribution in [-0.4, -0.2) is 36.6 Å². The highest BCUT2D eigenvalue weighted by Gasteiger charge is 2.47. The molecule has 3 nitrogen and oxygen atoms in total. The average Bonchev–Trinajstić information content (AvgIpc) is 2.28. The van der Waals surface area contributed by atoms with Crippen LogP contribution in [0.2, 0.25) is 0 Å². The van der Waals surface area contributed by atoms with Crippen molar-refractivity contribution in [2.24, 2.45) is 0 Å². The predicted molar refractivity (Wildman–Crippen MR) is 54.0 cm³/mol. The van der Waals surface area contributed by atoms with Crippen LogP contribution in [0.15, 0.2) is 0 Å². The molecule has 3 heteroatoms. The average molecular weight is 197 g/mol. The number of carbonyl (C=O) groups is 1. The first-order valence-corrected chi connectivity index (χ1v) is 5.63. The lowest BCUT2D eigenvalue weighted by molar-refractivity contribution is -0.161. The van der Waals surface area contributed by atoms with Crippen LogP contribution in [0.25, 0.3) is 0 Å². The van der Waals surface area contributed by atoms with Gasteiger partial charge in [0.15, 0.2) is 0 Å². The summed E-state index contributed by atoms with van der Waals surface area (Å²) in [6, 6.07) is 0. The topological polar surface area (TPSA) is 29.5 Å². The molecule has 0 aromatic carbocycles. The number of hydrogen-bond donors (Lipinski definition) is 0. The summed E-state index contributed by atoms with van der Waals surface area (Å²) >= 11 is 0. The van der Waals surface area contributed by atoms with Gasteiger partial charge in [-0.2, -0.15) is 0 Å². The molecule has 0 aliphatic carbocycles. The van der Waals surface area contributed by atoms with E-state index in [1.54, 1.807) is 0 Å². The monoisotopic (exact) mass is 197 g/mol. The van der Waals surface area contributed by atoms with Gasteiger partial charge in [0.25, 0.3) is 0 Å². The maximum Gasteiger partial charge on any atom is 0.326 e. The van der Waals surface area contributed by atoms with Crippen molar-refractivity contribution in [3.63, 3.8) is 0 Å². The molecule has 0 atom stereocenters. The Bertz CT molecular complexity index is 215. The van der Waals surface area contributed by atoms with E-state index in [0.29, 0.717) is 0 Å². The molecule has 2 rings (SSSR count). The van der Waals surface area contributed by atoms with E-state index in [2.05, 4.69) is 4.90 Å². The first kappa shape index (κ1) is 9.97. The minimum atomic E-state index is -0.245. The predicted octanol–water partition coefficient (Wildman–Crippen LogP) is 1.57. The molecule has 2 aliphatic rings. The summed E-state index contributed by atoms with van der Waals surface area (Å²) in [5.41, 5.74) is -0.245. The smallest absolute Gasteiger partial charge is 0.326 e. The third-order valence-corrected chi connectivity index (χ3v) is 3.71. The fourth-order valence-electron chi connectivity index (χ4n) is 2.94. The standard InChI is InChI=1S/C11H19NO2/c1-14-10(13)11-6-2-4-8-12(11)9-5-3-7-11/h2-9H2,1H3. The Labute approximate surface area is 85.4 Å². The maximum atomic E-state index is 11.9. The first-order valence-electron chi connectivity index (χ1n) is 5.63. The quantitative estimate of drug-likeness (QED) is 0.598. The largest absolute Gasteiger partial charge is 0.468 e. The molecule has 2 fully saturated rings. The molecule has 0 radical (unpaired) electrons. The molecule has 2 heterocycles. The van der Waals surface area contributed by atoms with Crippen molar-refractivity contribution >= 4 is 5.97 Å². The lowest BCUT2D eigenvalue weighted by Crippen LogP contribution is -2.59. The summed E-state index contributed by atoms with van der Waals surface area (Å²) in [4.78, 5) is 14.2. The van der Waals surface area contributed by atoms with Crippen molar-refractivity contribution < 1.29 is 9.53 Å². The Morgan fingerprint density at radius 2 is 1.71 bits per heavy atom. The van der Waals surface area contributed by atoms with E-state index >= 15 is 0 Å². The van der Waals surface area contributed by atoms with Gasteiger partial charge in [-0.15, -0.1) is 0 Å². The van der Waals surface area contributed by atoms with Gasteiger partial charge in [0, 0.05) is 0 Å². The van der Waals surface area contributed by atoms with Gasteiger partial charge in [0.2, 0.25) is 0 Å². The number of esters is 1. The van der Waals surface area contributed by atoms with Crippen LogP contribution in [0.4, 0.5) is 0 Å². The third-order valence-electron chi connectivity index (χ3n) is 3.71. The highest BCUT2D eigenvalue weighted by Crippen LogP contribution is 2.37. The van der Waals surface area contributed by atoms with Crippen LogP contribution < -0.4 is 0 Å². The molecule has 0 amide bonds. The second-order valence-electron chi connectivity index (χ2n) is 4.42. The van der Waals surface area contributed by atoms with Gasteiger partial charge in [0.05, 0.1) is 7.11 Å². The zero-order valence-corrected chi connectivity index (χ0v) is 8.92. The number of nitrogens with zero attached hydrogens (tertiary/aromatic N) is 1. The van der Waals surface area contributed by atoms with Gasteiger partial charge in [-0.1, -0.05) is 0 Å². The Morgan fingerprint density at radius 3 is 2.21 bits per heavy atom. The van der Waals surface area contributed by atoms with Gasteiger partial charge in [0.1, 0.15) is 5.54 Å². The molecule has 0 N–H and O–H groups in total. The van der Waals surface area contributed by atoms with Gasteiger partial charge in [-0.25, -0.2) is 0 Å². The molecule has 14 heavy (non-hydrogen) atoms. The number of hydrogen-bond acceptors (Lipinski definition) is 3. The Morgan fingerprint density at radius 1 is 1.14 bits per heavy atom. The molecule has 0 aromatic rings. The van der Waals surface area contributed by atoms with E-state index in [-0.39, 0.29) is 11.5 Å². The van der Waals surface area contributed by atoms with E-state index in [1.165, 1.54) is 32.8 Å². The number of ether oxygens (including phenoxy) is 1. The van der Waals surface area contributed by atoms with Crippen molar-refractivity contribution in [2.45, 2.75) is 44.1 Å². The first-order chi connectivity index (χ1) is 6.79. The molecular formula is C11H19NO2. The number of rotatable bonds is 1. The molecule has 0 aromatic heterocycles. The Hall–Kier alpha value is -0.570. The van der Waals surface area contributed by atoms with Crippen molar-refractivity contribution in [1.82, 2.24) is 4.90 Å². The molecule has 2 saturated heterocycles. The molecule has 0 spiro atoms. The summed E-state index contributed by atoms with van der Waals surface area (Å²) in [5, 5.41) is 0. The van der Waals surface area contributed by atoms with Gasteiger partial charge < -0.3 is 4.74 Å². The van der Waals surface area contributed by atoms with Crippen LogP contribution in [0.5, 0.6) is 0 Å². The fraction of sp³-hybridized carbons (Fsp3) is 0.909. The summed E-state index contributed by atoms with van der Waals surface area (Å²) in [6.45, 7) is 2.16.